The van der Waals surface area contributed by atoms with Gasteiger partial charge in [0.1, 0.15) is 0 Å². The second kappa shape index (κ2) is 9.53. The fraction of sp³-hybridized carbons (Fsp3) is 0.300. The van der Waals surface area contributed by atoms with Crippen molar-refractivity contribution < 1.29 is 42.1 Å². The lowest BCUT2D eigenvalue weighted by atomic mass is 10.1. The van der Waals surface area contributed by atoms with Crippen LogP contribution in [0.4, 0.5) is 24.5 Å². The van der Waals surface area contributed by atoms with Gasteiger partial charge in [-0.2, -0.15) is 13.2 Å². The number of alkyl halides is 3. The number of hydrogen-bond donors (Lipinski definition) is 3. The van der Waals surface area contributed by atoms with Gasteiger partial charge in [0.2, 0.25) is 11.4 Å². The lowest BCUT2D eigenvalue weighted by molar-refractivity contribution is -0.242. The number of ether oxygens (including phenoxy) is 3. The van der Waals surface area contributed by atoms with Gasteiger partial charge in [-0.15, -0.1) is 0 Å². The van der Waals surface area contributed by atoms with Gasteiger partial charge in [0, 0.05) is 23.4 Å². The zero-order valence-corrected chi connectivity index (χ0v) is 18.1. The van der Waals surface area contributed by atoms with Crippen LogP contribution in [0, 0.1) is 0 Å². The highest BCUT2D eigenvalue weighted by atomic mass is 35.5. The van der Waals surface area contributed by atoms with E-state index in [4.69, 9.17) is 25.8 Å². The summed E-state index contributed by atoms with van der Waals surface area (Å²) in [4.78, 5) is 24.4. The van der Waals surface area contributed by atoms with Crippen LogP contribution in [0.3, 0.4) is 0 Å². The van der Waals surface area contributed by atoms with E-state index in [9.17, 15) is 27.9 Å². The van der Waals surface area contributed by atoms with E-state index in [-0.39, 0.29) is 16.3 Å². The molecule has 2 aromatic rings. The highest BCUT2D eigenvalue weighted by molar-refractivity contribution is 6.34. The third-order valence-corrected chi connectivity index (χ3v) is 4.71. The number of nitrogens with one attached hydrogen (secondary N) is 2. The summed E-state index contributed by atoms with van der Waals surface area (Å²) in [5.41, 5.74) is -3.49. The third kappa shape index (κ3) is 5.17. The first-order valence-electron chi connectivity index (χ1n) is 8.87. The van der Waals surface area contributed by atoms with Gasteiger partial charge in [0.05, 0.1) is 32.0 Å². The van der Waals surface area contributed by atoms with Crippen molar-refractivity contribution in [2.75, 3.05) is 32.0 Å². The molecule has 0 saturated carbocycles. The molecule has 2 aromatic carbocycles. The van der Waals surface area contributed by atoms with E-state index >= 15 is 0 Å². The highest BCUT2D eigenvalue weighted by Gasteiger charge is 2.55. The molecule has 0 radical (unpaired) electrons. The van der Waals surface area contributed by atoms with Gasteiger partial charge < -0.3 is 30.0 Å². The van der Waals surface area contributed by atoms with Gasteiger partial charge >= 0.3 is 6.18 Å². The van der Waals surface area contributed by atoms with Crippen molar-refractivity contribution in [2.45, 2.75) is 18.7 Å². The summed E-state index contributed by atoms with van der Waals surface area (Å²) >= 11 is 6.01. The first kappa shape index (κ1) is 25.1. The molecule has 1 atom stereocenters. The number of anilines is 2. The predicted octanol–water partition coefficient (Wildman–Crippen LogP) is 3.87. The molecule has 2 amide bonds. The van der Waals surface area contributed by atoms with Crippen molar-refractivity contribution in [1.29, 1.82) is 0 Å². The molecule has 12 heteroatoms. The second-order valence-electron chi connectivity index (χ2n) is 6.59. The van der Waals surface area contributed by atoms with E-state index < -0.39 is 23.6 Å². The predicted molar refractivity (Wildman–Crippen MR) is 111 cm³/mol. The van der Waals surface area contributed by atoms with Crippen LogP contribution in [-0.4, -0.2) is 50.0 Å². The Labute approximate surface area is 186 Å². The average molecular weight is 477 g/mol. The topological polar surface area (TPSA) is 106 Å². The minimum atomic E-state index is -5.19. The van der Waals surface area contributed by atoms with Gasteiger partial charge in [-0.05, 0) is 25.1 Å². The van der Waals surface area contributed by atoms with Crippen molar-refractivity contribution in [3.05, 3.63) is 40.9 Å². The number of methoxy groups -OCH3 is 3. The van der Waals surface area contributed by atoms with E-state index in [1.54, 1.807) is 0 Å². The van der Waals surface area contributed by atoms with Crippen LogP contribution in [0.5, 0.6) is 17.2 Å². The quantitative estimate of drug-likeness (QED) is 0.560. The first-order valence-corrected chi connectivity index (χ1v) is 9.25. The fourth-order valence-electron chi connectivity index (χ4n) is 2.49. The van der Waals surface area contributed by atoms with Crippen molar-refractivity contribution in [3.8, 4) is 17.2 Å². The van der Waals surface area contributed by atoms with Crippen LogP contribution in [0.15, 0.2) is 30.3 Å². The van der Waals surface area contributed by atoms with Crippen LogP contribution in [-0.2, 0) is 4.79 Å². The number of aliphatic hydroxyl groups is 1. The monoisotopic (exact) mass is 476 g/mol. The molecule has 2 rings (SSSR count). The average Bonchev–Trinajstić information content (AvgIpc) is 2.73. The van der Waals surface area contributed by atoms with E-state index in [0.29, 0.717) is 29.9 Å². The Morgan fingerprint density at radius 1 is 0.969 bits per heavy atom. The molecule has 0 aliphatic rings. The first-order chi connectivity index (χ1) is 14.8. The minimum absolute atomic E-state index is 0.0457. The highest BCUT2D eigenvalue weighted by Crippen LogP contribution is 2.40. The Balaban J connectivity index is 2.23. The Hall–Kier alpha value is -3.18. The van der Waals surface area contributed by atoms with E-state index in [1.165, 1.54) is 39.5 Å². The standard InChI is InChI=1S/C20H20ClF3N2O6/c1-19(29,20(22,23)24)18(28)26-13-6-5-10(7-12(13)21)17(27)25-11-8-14(30-2)16(32-4)15(9-11)31-3/h5-9,29H,1-4H3,(H,25,27)(H,26,28)/t19-/m1/s1. The molecule has 174 valence electrons. The van der Waals surface area contributed by atoms with E-state index in [2.05, 4.69) is 5.32 Å². The molecule has 0 spiro atoms. The van der Waals surface area contributed by atoms with Gasteiger partial charge in [-0.3, -0.25) is 9.59 Å². The Kier molecular flexibility index (Phi) is 7.47. The van der Waals surface area contributed by atoms with Crippen molar-refractivity contribution in [2.24, 2.45) is 0 Å². The van der Waals surface area contributed by atoms with Crippen molar-refractivity contribution >= 4 is 34.8 Å². The van der Waals surface area contributed by atoms with Crippen molar-refractivity contribution in [1.82, 2.24) is 0 Å². The van der Waals surface area contributed by atoms with Crippen LogP contribution >= 0.6 is 11.6 Å². The Morgan fingerprint density at radius 2 is 1.53 bits per heavy atom. The number of hydrogen-bond acceptors (Lipinski definition) is 6. The van der Waals surface area contributed by atoms with Crippen LogP contribution in [0.1, 0.15) is 17.3 Å². The maximum Gasteiger partial charge on any atom is 0.426 e. The summed E-state index contributed by atoms with van der Waals surface area (Å²) in [5.74, 6) is -1.40. The zero-order valence-electron chi connectivity index (χ0n) is 17.4. The van der Waals surface area contributed by atoms with Crippen molar-refractivity contribution in [3.63, 3.8) is 0 Å². The molecule has 0 saturated heterocycles. The lowest BCUT2D eigenvalue weighted by Gasteiger charge is -2.25. The fourth-order valence-corrected chi connectivity index (χ4v) is 2.71. The van der Waals surface area contributed by atoms with Crippen LogP contribution < -0.4 is 24.8 Å². The smallest absolute Gasteiger partial charge is 0.426 e. The van der Waals surface area contributed by atoms with Gasteiger partial charge in [0.25, 0.3) is 11.8 Å². The largest absolute Gasteiger partial charge is 0.493 e. The van der Waals surface area contributed by atoms with Crippen LogP contribution in [0.2, 0.25) is 5.02 Å². The number of rotatable bonds is 7. The summed E-state index contributed by atoms with van der Waals surface area (Å²) in [6, 6.07) is 6.50. The number of amides is 2. The van der Waals surface area contributed by atoms with E-state index in [0.717, 1.165) is 12.1 Å². The number of carbonyl (C=O) groups is 2. The summed E-state index contributed by atoms with van der Waals surface area (Å²) in [6.07, 6.45) is -5.19. The molecule has 8 nitrogen and oxygen atoms in total. The third-order valence-electron chi connectivity index (χ3n) is 4.40. The Bertz CT molecular complexity index is 1000. The molecule has 0 unspecified atom stereocenters. The SMILES string of the molecule is COc1cc(NC(=O)c2ccc(NC(=O)[C@@](C)(O)C(F)(F)F)c(Cl)c2)cc(OC)c1OC. The van der Waals surface area contributed by atoms with E-state index in [1.807, 2.05) is 5.32 Å². The summed E-state index contributed by atoms with van der Waals surface area (Å²) < 4.78 is 54.0. The Morgan fingerprint density at radius 3 is 1.97 bits per heavy atom. The summed E-state index contributed by atoms with van der Waals surface area (Å²) in [7, 11) is 4.24. The molecule has 0 fully saturated rings. The molecule has 3 N–H and O–H groups in total. The molecule has 0 aromatic heterocycles. The van der Waals surface area contributed by atoms with Gasteiger partial charge in [-0.25, -0.2) is 0 Å². The molecule has 32 heavy (non-hydrogen) atoms. The molecule has 0 aliphatic carbocycles. The summed E-state index contributed by atoms with van der Waals surface area (Å²) in [5, 5.41) is 13.7. The van der Waals surface area contributed by atoms with Gasteiger partial charge in [0.15, 0.2) is 11.5 Å². The molecular formula is C20H20ClF3N2O6. The molecule has 0 bridgehead atoms. The zero-order chi connectivity index (χ0) is 24.3. The normalized spacial score (nSPS) is 13.0. The summed E-state index contributed by atoms with van der Waals surface area (Å²) in [6.45, 7) is 0.315. The number of benzene rings is 2. The lowest BCUT2D eigenvalue weighted by Crippen LogP contribution is -2.52. The maximum absolute atomic E-state index is 12.8. The van der Waals surface area contributed by atoms with Crippen LogP contribution in [0.25, 0.3) is 0 Å². The number of carbonyl (C=O) groups excluding carboxylic acids is 2. The second-order valence-corrected chi connectivity index (χ2v) is 6.99. The minimum Gasteiger partial charge on any atom is -0.493 e. The molecular weight excluding hydrogens is 457 g/mol. The molecule has 0 heterocycles. The maximum atomic E-state index is 12.8. The van der Waals surface area contributed by atoms with Gasteiger partial charge in [-0.1, -0.05) is 11.6 Å². The molecule has 0 aliphatic heterocycles. The number of halogens is 4.